The van der Waals surface area contributed by atoms with Gasteiger partial charge in [-0.3, -0.25) is 4.79 Å². The highest BCUT2D eigenvalue weighted by Gasteiger charge is 2.38. The molecule has 0 spiro atoms. The van der Waals surface area contributed by atoms with Gasteiger partial charge in [-0.25, -0.2) is 12.7 Å². The summed E-state index contributed by atoms with van der Waals surface area (Å²) in [5, 5.41) is -0.176. The molecule has 0 saturated carbocycles. The minimum absolute atomic E-state index is 0.0741. The Bertz CT molecular complexity index is 853. The predicted molar refractivity (Wildman–Crippen MR) is 112 cm³/mol. The van der Waals surface area contributed by atoms with Crippen LogP contribution in [0.1, 0.15) is 23.8 Å². The highest BCUT2D eigenvalue weighted by molar-refractivity contribution is 7.99. The van der Waals surface area contributed by atoms with E-state index in [0.717, 1.165) is 11.3 Å². The molecule has 2 aliphatic heterocycles. The maximum absolute atomic E-state index is 13.3. The van der Waals surface area contributed by atoms with E-state index in [1.54, 1.807) is 39.2 Å². The number of hydrogen-bond donors (Lipinski definition) is 0. The fourth-order valence-corrected chi connectivity index (χ4v) is 6.02. The molecule has 1 unspecified atom stereocenters. The normalized spacial score (nSPS) is 21.2. The summed E-state index contributed by atoms with van der Waals surface area (Å²) in [6.45, 7) is 1.43. The summed E-state index contributed by atoms with van der Waals surface area (Å²) in [5.41, 5.74) is 0.870. The lowest BCUT2D eigenvalue weighted by Crippen LogP contribution is -2.43. The van der Waals surface area contributed by atoms with Gasteiger partial charge >= 0.3 is 0 Å². The molecule has 0 aliphatic carbocycles. The van der Waals surface area contributed by atoms with Gasteiger partial charge in [-0.15, -0.1) is 11.8 Å². The van der Waals surface area contributed by atoms with Crippen molar-refractivity contribution in [3.8, 4) is 17.2 Å². The number of hydrogen-bond acceptors (Lipinski definition) is 7. The van der Waals surface area contributed by atoms with Crippen molar-refractivity contribution in [3.63, 3.8) is 0 Å². The highest BCUT2D eigenvalue weighted by atomic mass is 32.2. The number of carbonyl (C=O) groups is 1. The van der Waals surface area contributed by atoms with Crippen LogP contribution in [0.5, 0.6) is 17.2 Å². The molecular weight excluding hydrogens is 416 g/mol. The number of nitrogens with zero attached hydrogens (tertiary/aromatic N) is 2. The van der Waals surface area contributed by atoms with Gasteiger partial charge in [0.25, 0.3) is 0 Å². The van der Waals surface area contributed by atoms with Crippen LogP contribution in [0.25, 0.3) is 0 Å². The zero-order chi connectivity index (χ0) is 21.2. The van der Waals surface area contributed by atoms with Gasteiger partial charge in [-0.2, -0.15) is 0 Å². The van der Waals surface area contributed by atoms with E-state index >= 15 is 0 Å². The van der Waals surface area contributed by atoms with Gasteiger partial charge in [-0.05, 0) is 18.9 Å². The largest absolute Gasteiger partial charge is 0.496 e. The third kappa shape index (κ3) is 4.59. The number of sulfonamides is 1. The minimum atomic E-state index is -3.21. The molecule has 1 atom stereocenters. The molecule has 29 heavy (non-hydrogen) atoms. The van der Waals surface area contributed by atoms with E-state index in [4.69, 9.17) is 14.2 Å². The van der Waals surface area contributed by atoms with Crippen LogP contribution in [-0.4, -0.2) is 76.5 Å². The van der Waals surface area contributed by atoms with Crippen molar-refractivity contribution in [2.75, 3.05) is 53.0 Å². The Morgan fingerprint density at radius 1 is 1.00 bits per heavy atom. The lowest BCUT2D eigenvalue weighted by atomic mass is 9.96. The topological polar surface area (TPSA) is 85.4 Å². The second-order valence-electron chi connectivity index (χ2n) is 7.14. The molecule has 2 aliphatic rings. The van der Waals surface area contributed by atoms with Crippen molar-refractivity contribution in [1.29, 1.82) is 0 Å². The van der Waals surface area contributed by atoms with Crippen molar-refractivity contribution >= 4 is 27.7 Å². The van der Waals surface area contributed by atoms with Crippen molar-refractivity contribution in [1.82, 2.24) is 9.21 Å². The smallest absolute Gasteiger partial charge is 0.226 e. The predicted octanol–water partition coefficient (Wildman–Crippen LogP) is 1.96. The van der Waals surface area contributed by atoms with E-state index in [0.29, 0.717) is 49.7 Å². The van der Waals surface area contributed by atoms with Crippen molar-refractivity contribution in [2.45, 2.75) is 18.2 Å². The van der Waals surface area contributed by atoms with E-state index in [9.17, 15) is 13.2 Å². The van der Waals surface area contributed by atoms with Crippen LogP contribution in [0.2, 0.25) is 0 Å². The lowest BCUT2D eigenvalue weighted by molar-refractivity contribution is -0.136. The molecule has 162 valence electrons. The van der Waals surface area contributed by atoms with Crippen LogP contribution in [0.3, 0.4) is 0 Å². The average Bonchev–Trinajstić information content (AvgIpc) is 3.21. The van der Waals surface area contributed by atoms with Crippen LogP contribution >= 0.6 is 11.8 Å². The Morgan fingerprint density at radius 2 is 1.59 bits per heavy atom. The summed E-state index contributed by atoms with van der Waals surface area (Å²) in [6, 6.07) is 3.65. The molecule has 10 heteroatoms. The van der Waals surface area contributed by atoms with Crippen LogP contribution in [0.4, 0.5) is 0 Å². The SMILES string of the molecule is COc1cc(OC)c(C2SCCN2C(=O)C2CCN(S(C)(=O)=O)CC2)cc1OC. The number of thioether (sulfide) groups is 1. The molecule has 8 nitrogen and oxygen atoms in total. The van der Waals surface area contributed by atoms with E-state index in [1.165, 1.54) is 10.6 Å². The van der Waals surface area contributed by atoms with Gasteiger partial charge in [0.05, 0.1) is 27.6 Å². The third-order valence-electron chi connectivity index (χ3n) is 5.45. The van der Waals surface area contributed by atoms with E-state index in [-0.39, 0.29) is 17.2 Å². The minimum Gasteiger partial charge on any atom is -0.496 e. The monoisotopic (exact) mass is 444 g/mol. The molecule has 2 fully saturated rings. The number of amides is 1. The molecule has 2 heterocycles. The first-order chi connectivity index (χ1) is 13.8. The van der Waals surface area contributed by atoms with Crippen molar-refractivity contribution in [2.24, 2.45) is 5.92 Å². The molecule has 0 aromatic heterocycles. The number of carbonyl (C=O) groups excluding carboxylic acids is 1. The molecule has 3 rings (SSSR count). The molecule has 1 aromatic rings. The molecule has 0 N–H and O–H groups in total. The fraction of sp³-hybridized carbons (Fsp3) is 0.632. The van der Waals surface area contributed by atoms with Crippen LogP contribution in [0.15, 0.2) is 12.1 Å². The summed E-state index contributed by atoms with van der Waals surface area (Å²) in [7, 11) is 1.53. The quantitative estimate of drug-likeness (QED) is 0.663. The fourth-order valence-electron chi connectivity index (χ4n) is 3.87. The standard InChI is InChI=1S/C19H28N2O6S2/c1-25-15-12-17(27-3)16(26-2)11-14(15)19-21(9-10-28-19)18(22)13-5-7-20(8-6-13)29(4,23)24/h11-13,19H,5-10H2,1-4H3. The summed E-state index contributed by atoms with van der Waals surface area (Å²) in [4.78, 5) is 15.1. The maximum atomic E-state index is 13.3. The van der Waals surface area contributed by atoms with Crippen molar-refractivity contribution in [3.05, 3.63) is 17.7 Å². The van der Waals surface area contributed by atoms with Crippen LogP contribution < -0.4 is 14.2 Å². The molecule has 0 bridgehead atoms. The second-order valence-corrected chi connectivity index (χ2v) is 10.3. The number of rotatable bonds is 6. The molecular formula is C19H28N2O6S2. The molecule has 0 radical (unpaired) electrons. The molecule has 2 saturated heterocycles. The van der Waals surface area contributed by atoms with Gasteiger partial charge in [0.15, 0.2) is 11.5 Å². The first kappa shape index (κ1) is 22.0. The van der Waals surface area contributed by atoms with Gasteiger partial charge in [0.1, 0.15) is 11.1 Å². The maximum Gasteiger partial charge on any atom is 0.226 e. The Morgan fingerprint density at radius 3 is 2.14 bits per heavy atom. The number of benzene rings is 1. The Balaban J connectivity index is 1.81. The summed E-state index contributed by atoms with van der Waals surface area (Å²) in [6.07, 6.45) is 2.30. The van der Waals surface area contributed by atoms with Gasteiger partial charge in [0.2, 0.25) is 15.9 Å². The van der Waals surface area contributed by atoms with Gasteiger partial charge in [0, 0.05) is 42.9 Å². The zero-order valence-electron chi connectivity index (χ0n) is 17.2. The Kier molecular flexibility index (Phi) is 6.85. The summed E-state index contributed by atoms with van der Waals surface area (Å²) in [5.74, 6) is 2.54. The Labute approximate surface area is 176 Å². The molecule has 1 aromatic carbocycles. The summed E-state index contributed by atoms with van der Waals surface area (Å²) < 4.78 is 41.3. The Hall–Kier alpha value is -1.65. The van der Waals surface area contributed by atoms with Gasteiger partial charge in [-0.1, -0.05) is 0 Å². The lowest BCUT2D eigenvalue weighted by Gasteiger charge is -2.34. The third-order valence-corrected chi connectivity index (χ3v) is 7.99. The zero-order valence-corrected chi connectivity index (χ0v) is 18.8. The number of ether oxygens (including phenoxy) is 3. The summed E-state index contributed by atoms with van der Waals surface area (Å²) >= 11 is 1.69. The van der Waals surface area contributed by atoms with Crippen molar-refractivity contribution < 1.29 is 27.4 Å². The number of piperidine rings is 1. The van der Waals surface area contributed by atoms with Crippen LogP contribution in [0, 0.1) is 5.92 Å². The van der Waals surface area contributed by atoms with Crippen LogP contribution in [-0.2, 0) is 14.8 Å². The number of methoxy groups -OCH3 is 3. The van der Waals surface area contributed by atoms with Gasteiger partial charge < -0.3 is 19.1 Å². The average molecular weight is 445 g/mol. The first-order valence-electron chi connectivity index (χ1n) is 9.47. The van der Waals surface area contributed by atoms with E-state index in [1.807, 2.05) is 11.0 Å². The highest BCUT2D eigenvalue weighted by Crippen LogP contribution is 2.46. The second kappa shape index (κ2) is 9.01. The van der Waals surface area contributed by atoms with E-state index < -0.39 is 10.0 Å². The molecule has 1 amide bonds. The van der Waals surface area contributed by atoms with E-state index in [2.05, 4.69) is 0 Å². The first-order valence-corrected chi connectivity index (χ1v) is 12.4.